The number of aldehydes is 1. The molecule has 0 spiro atoms. The van der Waals surface area contributed by atoms with Crippen LogP contribution < -0.4 is 0 Å². The molecule has 1 rings (SSSR count). The molecule has 0 saturated carbocycles. The Labute approximate surface area is 81.1 Å². The minimum absolute atomic E-state index is 0.301. The number of pyridine rings is 1. The summed E-state index contributed by atoms with van der Waals surface area (Å²) in [6, 6.07) is 2.49. The van der Waals surface area contributed by atoms with Crippen LogP contribution in [0.15, 0.2) is 12.1 Å². The quantitative estimate of drug-likeness (QED) is 0.474. The van der Waals surface area contributed by atoms with Crippen LogP contribution in [-0.4, -0.2) is 11.3 Å². The molecule has 0 aliphatic rings. The molecule has 1 aromatic rings. The zero-order valence-corrected chi connectivity index (χ0v) is 7.96. The van der Waals surface area contributed by atoms with Gasteiger partial charge in [-0.3, -0.25) is 4.79 Å². The molecular weight excluding hydrogens is 279 g/mol. The van der Waals surface area contributed by atoms with E-state index >= 15 is 0 Å². The number of aromatic nitrogens is 1. The topological polar surface area (TPSA) is 30.0 Å². The highest BCUT2D eigenvalue weighted by Crippen LogP contribution is 2.18. The normalized spacial score (nSPS) is 10.3. The van der Waals surface area contributed by atoms with Gasteiger partial charge in [0, 0.05) is 5.56 Å². The van der Waals surface area contributed by atoms with Gasteiger partial charge >= 0.3 is 0 Å². The summed E-state index contributed by atoms with van der Waals surface area (Å²) in [6.45, 7) is 0. The van der Waals surface area contributed by atoms with Crippen LogP contribution in [0.4, 0.5) is 8.78 Å². The van der Waals surface area contributed by atoms with Gasteiger partial charge < -0.3 is 0 Å². The molecule has 0 aliphatic carbocycles. The first kappa shape index (κ1) is 9.50. The van der Waals surface area contributed by atoms with Crippen molar-refractivity contribution in [3.8, 4) is 0 Å². The molecule has 0 radical (unpaired) electrons. The number of halogens is 3. The average molecular weight is 283 g/mol. The monoisotopic (exact) mass is 283 g/mol. The van der Waals surface area contributed by atoms with Crippen molar-refractivity contribution in [2.75, 3.05) is 0 Å². The van der Waals surface area contributed by atoms with Crippen molar-refractivity contribution in [2.45, 2.75) is 6.43 Å². The Morgan fingerprint density at radius 3 is 2.58 bits per heavy atom. The molecule has 0 N–H and O–H groups in total. The van der Waals surface area contributed by atoms with E-state index in [9.17, 15) is 13.6 Å². The molecule has 0 unspecified atom stereocenters. The lowest BCUT2D eigenvalue weighted by molar-refractivity contribution is 0.112. The zero-order valence-electron chi connectivity index (χ0n) is 5.80. The van der Waals surface area contributed by atoms with E-state index in [1.807, 2.05) is 0 Å². The summed E-state index contributed by atoms with van der Waals surface area (Å²) in [6.07, 6.45) is -2.00. The van der Waals surface area contributed by atoms with Crippen LogP contribution in [0.5, 0.6) is 0 Å². The Kier molecular flexibility index (Phi) is 3.07. The second kappa shape index (κ2) is 3.88. The summed E-state index contributed by atoms with van der Waals surface area (Å²) in [7, 11) is 0. The van der Waals surface area contributed by atoms with Crippen molar-refractivity contribution >= 4 is 28.9 Å². The van der Waals surface area contributed by atoms with Gasteiger partial charge in [-0.1, -0.05) is 0 Å². The number of carbonyl (C=O) groups excluding carboxylic acids is 1. The minimum atomic E-state index is -2.58. The SMILES string of the molecule is O=Cc1ccc(C(F)F)nc1I. The van der Waals surface area contributed by atoms with Crippen molar-refractivity contribution in [2.24, 2.45) is 0 Å². The Balaban J connectivity index is 3.10. The highest BCUT2D eigenvalue weighted by molar-refractivity contribution is 14.1. The predicted octanol–water partition coefficient (Wildman–Crippen LogP) is 2.44. The van der Waals surface area contributed by atoms with E-state index in [2.05, 4.69) is 4.98 Å². The summed E-state index contributed by atoms with van der Waals surface area (Å²) in [5.74, 6) is 0. The third kappa shape index (κ3) is 1.96. The lowest BCUT2D eigenvalue weighted by Crippen LogP contribution is -1.96. The fourth-order valence-corrected chi connectivity index (χ4v) is 1.25. The Morgan fingerprint density at radius 2 is 2.17 bits per heavy atom. The zero-order chi connectivity index (χ0) is 9.14. The number of rotatable bonds is 2. The number of hydrogen-bond donors (Lipinski definition) is 0. The van der Waals surface area contributed by atoms with E-state index in [0.29, 0.717) is 15.6 Å². The summed E-state index contributed by atoms with van der Waals surface area (Å²) < 4.78 is 24.4. The van der Waals surface area contributed by atoms with E-state index < -0.39 is 6.43 Å². The Hall–Kier alpha value is -0.590. The third-order valence-corrected chi connectivity index (χ3v) is 2.11. The molecule has 0 atom stereocenters. The van der Waals surface area contributed by atoms with Gasteiger partial charge in [0.25, 0.3) is 6.43 Å². The summed E-state index contributed by atoms with van der Waals surface area (Å²) in [5.41, 5.74) is 0.0324. The lowest BCUT2D eigenvalue weighted by Gasteiger charge is -2.00. The standard InChI is InChI=1S/C7H4F2INO/c8-6(9)5-2-1-4(3-12)7(10)11-5/h1-3,6H. The van der Waals surface area contributed by atoms with Crippen LogP contribution in [0.2, 0.25) is 0 Å². The molecule has 1 aromatic heterocycles. The first-order valence-corrected chi connectivity index (χ1v) is 4.13. The molecule has 0 amide bonds. The van der Waals surface area contributed by atoms with Crippen LogP contribution in [0.25, 0.3) is 0 Å². The molecule has 0 saturated heterocycles. The molecule has 12 heavy (non-hydrogen) atoms. The van der Waals surface area contributed by atoms with Crippen LogP contribution in [-0.2, 0) is 0 Å². The van der Waals surface area contributed by atoms with E-state index in [1.165, 1.54) is 6.07 Å². The lowest BCUT2D eigenvalue weighted by atomic mass is 10.3. The Bertz CT molecular complexity index is 303. The first-order chi connectivity index (χ1) is 5.65. The molecule has 0 aromatic carbocycles. The molecular formula is C7H4F2INO. The third-order valence-electron chi connectivity index (χ3n) is 1.25. The van der Waals surface area contributed by atoms with Gasteiger partial charge in [-0.2, -0.15) is 0 Å². The summed E-state index contributed by atoms with van der Waals surface area (Å²) in [5, 5.41) is 0. The van der Waals surface area contributed by atoms with Gasteiger partial charge in [-0.15, -0.1) is 0 Å². The molecule has 1 heterocycles. The van der Waals surface area contributed by atoms with Crippen LogP contribution in [0.1, 0.15) is 22.5 Å². The van der Waals surface area contributed by atoms with E-state index in [1.54, 1.807) is 22.6 Å². The fourth-order valence-electron chi connectivity index (χ4n) is 0.669. The van der Waals surface area contributed by atoms with Gasteiger partial charge in [0.15, 0.2) is 6.29 Å². The highest BCUT2D eigenvalue weighted by Gasteiger charge is 2.10. The summed E-state index contributed by atoms with van der Waals surface area (Å²) in [4.78, 5) is 13.8. The smallest absolute Gasteiger partial charge is 0.280 e. The van der Waals surface area contributed by atoms with Crippen LogP contribution >= 0.6 is 22.6 Å². The fraction of sp³-hybridized carbons (Fsp3) is 0.143. The van der Waals surface area contributed by atoms with Gasteiger partial charge in [0.1, 0.15) is 9.39 Å². The van der Waals surface area contributed by atoms with E-state index in [0.717, 1.165) is 6.07 Å². The highest BCUT2D eigenvalue weighted by atomic mass is 127. The predicted molar refractivity (Wildman–Crippen MR) is 47.3 cm³/mol. The van der Waals surface area contributed by atoms with Crippen molar-refractivity contribution < 1.29 is 13.6 Å². The minimum Gasteiger partial charge on any atom is -0.298 e. The van der Waals surface area contributed by atoms with Gasteiger partial charge in [0.05, 0.1) is 0 Å². The maximum atomic E-state index is 12.0. The Morgan fingerprint density at radius 1 is 1.50 bits per heavy atom. The second-order valence-electron chi connectivity index (χ2n) is 2.03. The first-order valence-electron chi connectivity index (χ1n) is 3.05. The molecule has 5 heteroatoms. The molecule has 0 bridgehead atoms. The van der Waals surface area contributed by atoms with Crippen LogP contribution in [0.3, 0.4) is 0 Å². The van der Waals surface area contributed by atoms with Crippen molar-refractivity contribution in [3.05, 3.63) is 27.1 Å². The molecule has 64 valence electrons. The largest absolute Gasteiger partial charge is 0.298 e. The molecule has 2 nitrogen and oxygen atoms in total. The molecule has 0 fully saturated rings. The summed E-state index contributed by atoms with van der Waals surface area (Å²) >= 11 is 1.74. The maximum absolute atomic E-state index is 12.0. The van der Waals surface area contributed by atoms with Crippen LogP contribution in [0, 0.1) is 3.70 Å². The van der Waals surface area contributed by atoms with Crippen molar-refractivity contribution in [1.29, 1.82) is 0 Å². The number of hydrogen-bond acceptors (Lipinski definition) is 2. The van der Waals surface area contributed by atoms with Gasteiger partial charge in [-0.05, 0) is 34.7 Å². The van der Waals surface area contributed by atoms with Crippen molar-refractivity contribution in [3.63, 3.8) is 0 Å². The number of nitrogens with zero attached hydrogens (tertiary/aromatic N) is 1. The maximum Gasteiger partial charge on any atom is 0.280 e. The van der Waals surface area contributed by atoms with Gasteiger partial charge in [0.2, 0.25) is 0 Å². The molecule has 0 aliphatic heterocycles. The second-order valence-corrected chi connectivity index (χ2v) is 3.06. The number of carbonyl (C=O) groups is 1. The van der Waals surface area contributed by atoms with E-state index in [-0.39, 0.29) is 5.69 Å². The van der Waals surface area contributed by atoms with Gasteiger partial charge in [-0.25, -0.2) is 13.8 Å². The average Bonchev–Trinajstić information content (AvgIpc) is 2.04. The number of alkyl halides is 2. The van der Waals surface area contributed by atoms with E-state index in [4.69, 9.17) is 0 Å². The van der Waals surface area contributed by atoms with Crippen molar-refractivity contribution in [1.82, 2.24) is 4.98 Å².